The molecule has 1 aromatic rings. The fourth-order valence-electron chi connectivity index (χ4n) is 1.88. The molecule has 1 aromatic heterocycles. The van der Waals surface area contributed by atoms with Crippen LogP contribution in [0.1, 0.15) is 57.6 Å². The van der Waals surface area contributed by atoms with E-state index in [1.807, 2.05) is 18.5 Å². The first-order valence-corrected chi connectivity index (χ1v) is 8.06. The molecule has 6 nitrogen and oxygen atoms in total. The molecule has 6 heteroatoms. The van der Waals surface area contributed by atoms with Gasteiger partial charge in [-0.1, -0.05) is 33.1 Å². The van der Waals surface area contributed by atoms with Crippen LogP contribution in [-0.4, -0.2) is 33.8 Å². The zero-order chi connectivity index (χ0) is 15.5. The maximum absolute atomic E-state index is 4.61. The number of nitrogens with zero attached hydrogens (tertiary/aromatic N) is 4. The van der Waals surface area contributed by atoms with E-state index in [1.165, 1.54) is 25.7 Å². The smallest absolute Gasteiger partial charge is 0.191 e. The van der Waals surface area contributed by atoms with Gasteiger partial charge in [-0.25, -0.2) is 4.99 Å². The van der Waals surface area contributed by atoms with Crippen LogP contribution in [0.4, 0.5) is 0 Å². The topological polar surface area (TPSA) is 67.1 Å². The summed E-state index contributed by atoms with van der Waals surface area (Å²) in [7, 11) is 1.97. The number of unbranched alkanes of at least 4 members (excludes halogenated alkanes) is 3. The number of nitrogens with one attached hydrogen (secondary N) is 2. The summed E-state index contributed by atoms with van der Waals surface area (Å²) >= 11 is 0. The molecule has 0 atom stereocenters. The molecule has 0 radical (unpaired) electrons. The Morgan fingerprint density at radius 3 is 2.29 bits per heavy atom. The van der Waals surface area contributed by atoms with Gasteiger partial charge >= 0.3 is 0 Å². The highest BCUT2D eigenvalue weighted by atomic mass is 15.3. The van der Waals surface area contributed by atoms with E-state index >= 15 is 0 Å². The lowest BCUT2D eigenvalue weighted by molar-refractivity contribution is 0.670. The summed E-state index contributed by atoms with van der Waals surface area (Å²) in [5.41, 5.74) is 0. The maximum Gasteiger partial charge on any atom is 0.191 e. The summed E-state index contributed by atoms with van der Waals surface area (Å²) < 4.78 is 1.98. The predicted octanol–water partition coefficient (Wildman–Crippen LogP) is 2.15. The minimum absolute atomic E-state index is 0.548. The lowest BCUT2D eigenvalue weighted by Crippen LogP contribution is -2.38. The van der Waals surface area contributed by atoms with Crippen molar-refractivity contribution in [3.63, 3.8) is 0 Å². The first-order valence-electron chi connectivity index (χ1n) is 8.06. The summed E-state index contributed by atoms with van der Waals surface area (Å²) in [5, 5.41) is 15.0. The van der Waals surface area contributed by atoms with Crippen LogP contribution in [0.15, 0.2) is 4.99 Å². The molecule has 0 aromatic carbocycles. The molecule has 0 unspecified atom stereocenters. The molecular formula is C15H30N6. The third-order valence-corrected chi connectivity index (χ3v) is 3.46. The monoisotopic (exact) mass is 294 g/mol. The number of aryl methyl sites for hydroxylation is 1. The van der Waals surface area contributed by atoms with Gasteiger partial charge in [-0.05, 0) is 19.8 Å². The Hall–Kier alpha value is -1.59. The van der Waals surface area contributed by atoms with Gasteiger partial charge in [0.15, 0.2) is 11.8 Å². The number of aromatic nitrogens is 3. The predicted molar refractivity (Wildman–Crippen MR) is 87.3 cm³/mol. The number of hydrogen-bond donors (Lipinski definition) is 2. The van der Waals surface area contributed by atoms with Crippen molar-refractivity contribution in [2.24, 2.45) is 12.0 Å². The fourth-order valence-corrected chi connectivity index (χ4v) is 1.88. The highest BCUT2D eigenvalue weighted by molar-refractivity contribution is 5.79. The molecule has 0 aliphatic rings. The van der Waals surface area contributed by atoms with Crippen LogP contribution in [0.2, 0.25) is 0 Å². The molecule has 0 aliphatic heterocycles. The fraction of sp³-hybridized carbons (Fsp3) is 0.800. The van der Waals surface area contributed by atoms with Gasteiger partial charge in [-0.15, -0.1) is 10.2 Å². The molecular weight excluding hydrogens is 264 g/mol. The minimum atomic E-state index is 0.548. The first-order chi connectivity index (χ1) is 10.2. The molecule has 0 amide bonds. The van der Waals surface area contributed by atoms with E-state index in [0.29, 0.717) is 6.54 Å². The van der Waals surface area contributed by atoms with Crippen molar-refractivity contribution in [2.45, 2.75) is 59.4 Å². The molecule has 21 heavy (non-hydrogen) atoms. The molecule has 0 fully saturated rings. The number of rotatable bonds is 9. The van der Waals surface area contributed by atoms with E-state index < -0.39 is 0 Å². The second-order valence-electron chi connectivity index (χ2n) is 5.30. The van der Waals surface area contributed by atoms with Crippen molar-refractivity contribution in [3.05, 3.63) is 11.6 Å². The van der Waals surface area contributed by atoms with Gasteiger partial charge in [0.25, 0.3) is 0 Å². The Morgan fingerprint density at radius 2 is 1.71 bits per heavy atom. The average molecular weight is 294 g/mol. The molecule has 1 rings (SSSR count). The van der Waals surface area contributed by atoms with Crippen molar-refractivity contribution in [3.8, 4) is 0 Å². The van der Waals surface area contributed by atoms with Crippen LogP contribution in [-0.2, 0) is 13.6 Å². The van der Waals surface area contributed by atoms with Crippen molar-refractivity contribution >= 4 is 5.96 Å². The third kappa shape index (κ3) is 6.60. The van der Waals surface area contributed by atoms with Gasteiger partial charge in [-0.3, -0.25) is 0 Å². The standard InChI is InChI=1S/C15H30N6/c1-5-7-9-11-17-15(16-10-8-6-2)18-12-14-20-19-13(3)21(14)4/h5-12H2,1-4H3,(H2,16,17,18). The lowest BCUT2D eigenvalue weighted by Gasteiger charge is -2.12. The van der Waals surface area contributed by atoms with Gasteiger partial charge < -0.3 is 15.2 Å². The van der Waals surface area contributed by atoms with E-state index in [-0.39, 0.29) is 0 Å². The zero-order valence-corrected chi connectivity index (χ0v) is 13.9. The molecule has 1 heterocycles. The van der Waals surface area contributed by atoms with Gasteiger partial charge in [0.1, 0.15) is 12.4 Å². The first kappa shape index (κ1) is 17.5. The van der Waals surface area contributed by atoms with Gasteiger partial charge in [0, 0.05) is 20.1 Å². The van der Waals surface area contributed by atoms with Crippen LogP contribution in [0.3, 0.4) is 0 Å². The molecule has 2 N–H and O–H groups in total. The SMILES string of the molecule is CCCCCNC(=NCc1nnc(C)n1C)NCCCC. The number of guanidine groups is 1. The Labute approximate surface area is 128 Å². The second kappa shape index (κ2) is 10.2. The summed E-state index contributed by atoms with van der Waals surface area (Å²) in [6.45, 7) is 8.81. The van der Waals surface area contributed by atoms with Crippen LogP contribution >= 0.6 is 0 Å². The van der Waals surface area contributed by atoms with Crippen molar-refractivity contribution in [1.29, 1.82) is 0 Å². The quantitative estimate of drug-likeness (QED) is 0.416. The van der Waals surface area contributed by atoms with Crippen molar-refractivity contribution < 1.29 is 0 Å². The Morgan fingerprint density at radius 1 is 1.05 bits per heavy atom. The summed E-state index contributed by atoms with van der Waals surface area (Å²) in [6, 6.07) is 0. The molecule has 0 aliphatic carbocycles. The molecule has 0 saturated heterocycles. The molecule has 0 bridgehead atoms. The van der Waals surface area contributed by atoms with Crippen LogP contribution in [0.25, 0.3) is 0 Å². The average Bonchev–Trinajstić information content (AvgIpc) is 2.80. The zero-order valence-electron chi connectivity index (χ0n) is 13.9. The molecule has 0 saturated carbocycles. The van der Waals surface area contributed by atoms with Crippen LogP contribution in [0.5, 0.6) is 0 Å². The Bertz CT molecular complexity index is 424. The summed E-state index contributed by atoms with van der Waals surface area (Å²) in [4.78, 5) is 4.61. The summed E-state index contributed by atoms with van der Waals surface area (Å²) in [5.74, 6) is 2.68. The lowest BCUT2D eigenvalue weighted by atomic mass is 10.2. The number of hydrogen-bond acceptors (Lipinski definition) is 3. The van der Waals surface area contributed by atoms with Crippen molar-refractivity contribution in [1.82, 2.24) is 25.4 Å². The maximum atomic E-state index is 4.61. The Balaban J connectivity index is 2.52. The van der Waals surface area contributed by atoms with Crippen molar-refractivity contribution in [2.75, 3.05) is 13.1 Å². The third-order valence-electron chi connectivity index (χ3n) is 3.46. The second-order valence-corrected chi connectivity index (χ2v) is 5.30. The highest BCUT2D eigenvalue weighted by Gasteiger charge is 2.04. The largest absolute Gasteiger partial charge is 0.356 e. The van der Waals surface area contributed by atoms with E-state index in [1.54, 1.807) is 0 Å². The normalized spacial score (nSPS) is 11.7. The minimum Gasteiger partial charge on any atom is -0.356 e. The number of aliphatic imine (C=N–C) groups is 1. The molecule has 0 spiro atoms. The van der Waals surface area contributed by atoms with E-state index in [9.17, 15) is 0 Å². The highest BCUT2D eigenvalue weighted by Crippen LogP contribution is 1.99. The molecule has 120 valence electrons. The Kier molecular flexibility index (Phi) is 8.47. The van der Waals surface area contributed by atoms with Gasteiger partial charge in [-0.2, -0.15) is 0 Å². The van der Waals surface area contributed by atoms with E-state index in [2.05, 4.69) is 39.7 Å². The van der Waals surface area contributed by atoms with Crippen LogP contribution in [0, 0.1) is 6.92 Å². The van der Waals surface area contributed by atoms with Gasteiger partial charge in [0.2, 0.25) is 0 Å². The van der Waals surface area contributed by atoms with E-state index in [4.69, 9.17) is 0 Å². The van der Waals surface area contributed by atoms with E-state index in [0.717, 1.165) is 37.1 Å². The van der Waals surface area contributed by atoms with Crippen LogP contribution < -0.4 is 10.6 Å². The summed E-state index contributed by atoms with van der Waals surface area (Å²) in [6.07, 6.45) is 5.98. The van der Waals surface area contributed by atoms with Gasteiger partial charge in [0.05, 0.1) is 0 Å².